The molecule has 0 aromatic heterocycles. The Kier molecular flexibility index (Phi) is 5.37. The molecule has 2 aromatic carbocycles. The summed E-state index contributed by atoms with van der Waals surface area (Å²) in [5.41, 5.74) is -1.09. The predicted molar refractivity (Wildman–Crippen MR) is 92.5 cm³/mol. The largest absolute Gasteiger partial charge is 0.454 e. The number of hydrogen-bond donors (Lipinski definition) is 1. The van der Waals surface area contributed by atoms with E-state index in [1.807, 2.05) is 0 Å². The molecule has 0 aliphatic carbocycles. The van der Waals surface area contributed by atoms with Gasteiger partial charge in [-0.2, -0.15) is 13.2 Å². The molecule has 3 rings (SSSR count). The van der Waals surface area contributed by atoms with E-state index < -0.39 is 29.7 Å². The van der Waals surface area contributed by atoms with Crippen LogP contribution in [0.2, 0.25) is 5.02 Å². The van der Waals surface area contributed by atoms with E-state index in [1.165, 1.54) is 25.1 Å². The highest BCUT2D eigenvalue weighted by atomic mass is 35.5. The van der Waals surface area contributed by atoms with E-state index in [1.54, 1.807) is 0 Å². The maximum Gasteiger partial charge on any atom is 0.416 e. The third-order valence-corrected chi connectivity index (χ3v) is 4.14. The van der Waals surface area contributed by atoms with Crippen LogP contribution in [-0.2, 0) is 15.7 Å². The third kappa shape index (κ3) is 4.30. The van der Waals surface area contributed by atoms with Gasteiger partial charge >= 0.3 is 12.1 Å². The van der Waals surface area contributed by atoms with E-state index in [2.05, 4.69) is 5.32 Å². The van der Waals surface area contributed by atoms with E-state index in [4.69, 9.17) is 25.8 Å². The molecule has 148 valence electrons. The van der Waals surface area contributed by atoms with Gasteiger partial charge in [0.25, 0.3) is 5.91 Å². The van der Waals surface area contributed by atoms with Gasteiger partial charge in [0.2, 0.25) is 6.79 Å². The SMILES string of the molecule is C[C@H](OC(=O)c1ccc2c(c1)OCO2)C(=O)Nc1cc(C(F)(F)F)ccc1Cl. The van der Waals surface area contributed by atoms with Crippen molar-refractivity contribution < 1.29 is 37.0 Å². The number of ether oxygens (including phenoxy) is 3. The Morgan fingerprint density at radius 1 is 1.14 bits per heavy atom. The van der Waals surface area contributed by atoms with Gasteiger partial charge in [0, 0.05) is 0 Å². The van der Waals surface area contributed by atoms with Crippen molar-refractivity contribution in [2.24, 2.45) is 0 Å². The molecule has 28 heavy (non-hydrogen) atoms. The number of rotatable bonds is 4. The standard InChI is InChI=1S/C18H13ClF3NO5/c1-9(28-17(25)10-2-5-14-15(6-10)27-8-26-14)16(24)23-13-7-11(18(20,21)22)3-4-12(13)19/h2-7,9H,8H2,1H3,(H,23,24)/t9-/m0/s1. The first-order valence-corrected chi connectivity index (χ1v) is 8.31. The number of fused-ring (bicyclic) bond motifs is 1. The fourth-order valence-electron chi connectivity index (χ4n) is 2.34. The van der Waals surface area contributed by atoms with Crippen molar-refractivity contribution in [1.29, 1.82) is 0 Å². The second-order valence-corrected chi connectivity index (χ2v) is 6.20. The molecule has 0 saturated carbocycles. The van der Waals surface area contributed by atoms with Crippen LogP contribution in [0.15, 0.2) is 36.4 Å². The summed E-state index contributed by atoms with van der Waals surface area (Å²) >= 11 is 5.84. The van der Waals surface area contributed by atoms with Crippen molar-refractivity contribution in [3.63, 3.8) is 0 Å². The number of nitrogens with one attached hydrogen (secondary N) is 1. The zero-order chi connectivity index (χ0) is 20.5. The van der Waals surface area contributed by atoms with Gasteiger partial charge in [-0.3, -0.25) is 4.79 Å². The summed E-state index contributed by atoms with van der Waals surface area (Å²) in [4.78, 5) is 24.4. The summed E-state index contributed by atoms with van der Waals surface area (Å²) in [6, 6.07) is 6.87. The second kappa shape index (κ2) is 7.59. The smallest absolute Gasteiger partial charge is 0.416 e. The van der Waals surface area contributed by atoms with E-state index in [-0.39, 0.29) is 23.1 Å². The maximum atomic E-state index is 12.8. The Bertz CT molecular complexity index is 932. The Morgan fingerprint density at radius 3 is 2.57 bits per heavy atom. The minimum atomic E-state index is -4.60. The third-order valence-electron chi connectivity index (χ3n) is 3.81. The van der Waals surface area contributed by atoms with Crippen molar-refractivity contribution in [2.75, 3.05) is 12.1 Å². The van der Waals surface area contributed by atoms with Gasteiger partial charge in [0.1, 0.15) is 0 Å². The molecular weight excluding hydrogens is 403 g/mol. The van der Waals surface area contributed by atoms with Crippen LogP contribution < -0.4 is 14.8 Å². The van der Waals surface area contributed by atoms with Crippen LogP contribution in [0.25, 0.3) is 0 Å². The van der Waals surface area contributed by atoms with Crippen LogP contribution in [0.1, 0.15) is 22.8 Å². The number of alkyl halides is 3. The van der Waals surface area contributed by atoms with Gasteiger partial charge in [-0.05, 0) is 43.3 Å². The van der Waals surface area contributed by atoms with Crippen LogP contribution in [-0.4, -0.2) is 24.8 Å². The van der Waals surface area contributed by atoms with Crippen molar-refractivity contribution in [3.8, 4) is 11.5 Å². The highest BCUT2D eigenvalue weighted by molar-refractivity contribution is 6.33. The Labute approximate surface area is 162 Å². The lowest BCUT2D eigenvalue weighted by Crippen LogP contribution is -2.30. The van der Waals surface area contributed by atoms with E-state index >= 15 is 0 Å². The van der Waals surface area contributed by atoms with E-state index in [0.29, 0.717) is 17.6 Å². The lowest BCUT2D eigenvalue weighted by atomic mass is 10.2. The maximum absolute atomic E-state index is 12.8. The zero-order valence-electron chi connectivity index (χ0n) is 14.3. The molecule has 2 aromatic rings. The van der Waals surface area contributed by atoms with E-state index in [9.17, 15) is 22.8 Å². The Balaban J connectivity index is 1.67. The summed E-state index contributed by atoms with van der Waals surface area (Å²) < 4.78 is 53.8. The van der Waals surface area contributed by atoms with Crippen LogP contribution >= 0.6 is 11.6 Å². The predicted octanol–water partition coefficient (Wildman–Crippen LogP) is 4.27. The molecule has 0 spiro atoms. The zero-order valence-corrected chi connectivity index (χ0v) is 15.1. The number of halogens is 4. The average Bonchev–Trinajstić information content (AvgIpc) is 3.10. The molecule has 1 heterocycles. The topological polar surface area (TPSA) is 73.9 Å². The van der Waals surface area contributed by atoms with Gasteiger partial charge in [-0.1, -0.05) is 11.6 Å². The fourth-order valence-corrected chi connectivity index (χ4v) is 2.50. The van der Waals surface area contributed by atoms with E-state index in [0.717, 1.165) is 12.1 Å². The molecule has 10 heteroatoms. The fraction of sp³-hybridized carbons (Fsp3) is 0.222. The molecule has 1 atom stereocenters. The van der Waals surface area contributed by atoms with Crippen molar-refractivity contribution >= 4 is 29.2 Å². The van der Waals surface area contributed by atoms with Gasteiger partial charge in [-0.15, -0.1) is 0 Å². The molecular formula is C18H13ClF3NO5. The average molecular weight is 416 g/mol. The highest BCUT2D eigenvalue weighted by Crippen LogP contribution is 2.34. The van der Waals surface area contributed by atoms with Crippen LogP contribution in [0.5, 0.6) is 11.5 Å². The molecule has 0 fully saturated rings. The summed E-state index contributed by atoms with van der Waals surface area (Å²) in [6.07, 6.45) is -5.88. The van der Waals surface area contributed by atoms with Crippen LogP contribution in [0.4, 0.5) is 18.9 Å². The van der Waals surface area contributed by atoms with Gasteiger partial charge < -0.3 is 19.5 Å². The summed E-state index contributed by atoms with van der Waals surface area (Å²) in [7, 11) is 0. The Hall–Kier alpha value is -2.94. The quantitative estimate of drug-likeness (QED) is 0.755. The minimum Gasteiger partial charge on any atom is -0.454 e. The van der Waals surface area contributed by atoms with Gasteiger partial charge in [-0.25, -0.2) is 4.79 Å². The summed E-state index contributed by atoms with van der Waals surface area (Å²) in [5.74, 6) is -0.810. The molecule has 1 amide bonds. The lowest BCUT2D eigenvalue weighted by molar-refractivity contribution is -0.137. The first kappa shape index (κ1) is 19.8. The van der Waals surface area contributed by atoms with Crippen LogP contribution in [0.3, 0.4) is 0 Å². The molecule has 1 aliphatic heterocycles. The molecule has 1 aliphatic rings. The molecule has 1 N–H and O–H groups in total. The lowest BCUT2D eigenvalue weighted by Gasteiger charge is -2.15. The number of esters is 1. The first-order chi connectivity index (χ1) is 13.1. The van der Waals surface area contributed by atoms with Crippen LogP contribution in [0, 0.1) is 0 Å². The number of carbonyl (C=O) groups is 2. The summed E-state index contributed by atoms with van der Waals surface area (Å²) in [5, 5.41) is 2.14. The van der Waals surface area contributed by atoms with Gasteiger partial charge in [0.05, 0.1) is 21.8 Å². The Morgan fingerprint density at radius 2 is 1.86 bits per heavy atom. The number of amides is 1. The minimum absolute atomic E-state index is 0.0321. The monoisotopic (exact) mass is 415 g/mol. The number of anilines is 1. The molecule has 0 saturated heterocycles. The molecule has 0 unspecified atom stereocenters. The highest BCUT2D eigenvalue weighted by Gasteiger charge is 2.31. The number of hydrogen-bond acceptors (Lipinski definition) is 5. The molecule has 0 bridgehead atoms. The second-order valence-electron chi connectivity index (χ2n) is 5.80. The van der Waals surface area contributed by atoms with Gasteiger partial charge in [0.15, 0.2) is 17.6 Å². The molecule has 6 nitrogen and oxygen atoms in total. The van der Waals surface area contributed by atoms with Crippen molar-refractivity contribution in [1.82, 2.24) is 0 Å². The number of benzene rings is 2. The first-order valence-electron chi connectivity index (χ1n) is 7.93. The summed E-state index contributed by atoms with van der Waals surface area (Å²) in [6.45, 7) is 1.31. The van der Waals surface area contributed by atoms with Crippen molar-refractivity contribution in [3.05, 3.63) is 52.5 Å². The normalized spacial score (nSPS) is 13.8. The molecule has 0 radical (unpaired) electrons. The number of carbonyl (C=O) groups excluding carboxylic acids is 2. The van der Waals surface area contributed by atoms with Crippen molar-refractivity contribution in [2.45, 2.75) is 19.2 Å².